The molecule has 4 atom stereocenters. The summed E-state index contributed by atoms with van der Waals surface area (Å²) in [6, 6.07) is 0. The quantitative estimate of drug-likeness (QED) is 0.339. The SMILES string of the molecule is C=C(C)C(=O)OC1(I)CC2CCC1C2COC. The zero-order valence-electron chi connectivity index (χ0n) is 10.4. The molecule has 0 N–H and O–H groups in total. The largest absolute Gasteiger partial charge is 0.445 e. The lowest BCUT2D eigenvalue weighted by molar-refractivity contribution is -0.148. The van der Waals surface area contributed by atoms with E-state index in [0.29, 0.717) is 23.3 Å². The van der Waals surface area contributed by atoms with Gasteiger partial charge < -0.3 is 9.47 Å². The van der Waals surface area contributed by atoms with E-state index in [1.165, 1.54) is 6.42 Å². The van der Waals surface area contributed by atoms with Crippen molar-refractivity contribution in [3.05, 3.63) is 12.2 Å². The molecule has 0 saturated heterocycles. The lowest BCUT2D eigenvalue weighted by Gasteiger charge is -2.32. The van der Waals surface area contributed by atoms with Crippen LogP contribution in [0.2, 0.25) is 0 Å². The normalized spacial score (nSPS) is 39.4. The van der Waals surface area contributed by atoms with Crippen LogP contribution in [0, 0.1) is 17.8 Å². The third-order valence-electron chi connectivity index (χ3n) is 4.03. The summed E-state index contributed by atoms with van der Waals surface area (Å²) in [4.78, 5) is 11.7. The summed E-state index contributed by atoms with van der Waals surface area (Å²) >= 11 is 2.32. The third kappa shape index (κ3) is 2.38. The fourth-order valence-electron chi connectivity index (χ4n) is 3.25. The molecule has 0 aliphatic heterocycles. The molecule has 2 rings (SSSR count). The molecule has 17 heavy (non-hydrogen) atoms. The fraction of sp³-hybridized carbons (Fsp3) is 0.769. The Morgan fingerprint density at radius 2 is 2.24 bits per heavy atom. The van der Waals surface area contributed by atoms with Crippen molar-refractivity contribution in [2.45, 2.75) is 29.8 Å². The molecule has 96 valence electrons. The zero-order chi connectivity index (χ0) is 12.6. The third-order valence-corrected chi connectivity index (χ3v) is 5.50. The molecule has 0 amide bonds. The van der Waals surface area contributed by atoms with Crippen LogP contribution in [0.3, 0.4) is 0 Å². The smallest absolute Gasteiger partial charge is 0.334 e. The lowest BCUT2D eigenvalue weighted by atomic mass is 9.97. The number of methoxy groups -OCH3 is 1. The molecular weight excluding hydrogens is 331 g/mol. The Kier molecular flexibility index (Phi) is 3.83. The van der Waals surface area contributed by atoms with E-state index in [0.717, 1.165) is 19.4 Å². The standard InChI is InChI=1S/C13H19IO3/c1-8(2)12(15)17-13(14)6-9-4-5-11(13)10(9)7-16-3/h9-11H,1,4-7H2,2-3H3. The van der Waals surface area contributed by atoms with Crippen LogP contribution in [0.15, 0.2) is 12.2 Å². The molecule has 4 unspecified atom stereocenters. The summed E-state index contributed by atoms with van der Waals surface area (Å²) < 4.78 is 10.6. The van der Waals surface area contributed by atoms with Crippen LogP contribution in [0.4, 0.5) is 0 Å². The Hall–Kier alpha value is -0.100. The highest BCUT2D eigenvalue weighted by Gasteiger charge is 2.58. The van der Waals surface area contributed by atoms with Gasteiger partial charge in [-0.2, -0.15) is 0 Å². The van der Waals surface area contributed by atoms with Crippen LogP contribution in [-0.4, -0.2) is 23.3 Å². The van der Waals surface area contributed by atoms with Gasteiger partial charge in [0, 0.05) is 31.6 Å². The second-order valence-corrected chi connectivity index (χ2v) is 7.05. The summed E-state index contributed by atoms with van der Waals surface area (Å²) in [5, 5.41) is 0. The van der Waals surface area contributed by atoms with Crippen LogP contribution >= 0.6 is 22.6 Å². The van der Waals surface area contributed by atoms with Gasteiger partial charge in [0.1, 0.15) is 0 Å². The average Bonchev–Trinajstić information content (AvgIpc) is 2.72. The first kappa shape index (κ1) is 13.3. The van der Waals surface area contributed by atoms with Gasteiger partial charge in [0.2, 0.25) is 0 Å². The van der Waals surface area contributed by atoms with Crippen LogP contribution < -0.4 is 0 Å². The molecule has 2 saturated carbocycles. The fourth-order valence-corrected chi connectivity index (χ4v) is 4.79. The maximum atomic E-state index is 11.7. The first-order valence-corrected chi connectivity index (χ1v) is 7.12. The number of rotatable bonds is 4. The summed E-state index contributed by atoms with van der Waals surface area (Å²) in [7, 11) is 1.74. The molecule has 2 aliphatic carbocycles. The molecule has 0 aromatic rings. The molecule has 0 aromatic carbocycles. The van der Waals surface area contributed by atoms with Crippen molar-refractivity contribution in [2.75, 3.05) is 13.7 Å². The minimum absolute atomic E-state index is 0.261. The van der Waals surface area contributed by atoms with Crippen molar-refractivity contribution >= 4 is 28.6 Å². The van der Waals surface area contributed by atoms with Crippen molar-refractivity contribution in [2.24, 2.45) is 17.8 Å². The molecule has 0 aromatic heterocycles. The van der Waals surface area contributed by atoms with Crippen LogP contribution in [0.25, 0.3) is 0 Å². The molecular formula is C13H19IO3. The Morgan fingerprint density at radius 3 is 2.82 bits per heavy atom. The lowest BCUT2D eigenvalue weighted by Crippen LogP contribution is -2.35. The predicted octanol–water partition coefficient (Wildman–Crippen LogP) is 2.93. The minimum atomic E-state index is -0.333. The van der Waals surface area contributed by atoms with Crippen LogP contribution in [-0.2, 0) is 14.3 Å². The molecule has 4 heteroatoms. The van der Waals surface area contributed by atoms with Gasteiger partial charge in [0.05, 0.1) is 0 Å². The second-order valence-electron chi connectivity index (χ2n) is 5.22. The zero-order valence-corrected chi connectivity index (χ0v) is 12.5. The number of carbonyl (C=O) groups is 1. The van der Waals surface area contributed by atoms with Gasteiger partial charge in [0.15, 0.2) is 3.61 Å². The van der Waals surface area contributed by atoms with Gasteiger partial charge in [-0.3, -0.25) is 0 Å². The first-order chi connectivity index (χ1) is 7.98. The van der Waals surface area contributed by atoms with Crippen molar-refractivity contribution in [3.63, 3.8) is 0 Å². The topological polar surface area (TPSA) is 35.5 Å². The molecule has 2 aliphatic rings. The van der Waals surface area contributed by atoms with E-state index in [2.05, 4.69) is 29.2 Å². The van der Waals surface area contributed by atoms with E-state index in [-0.39, 0.29) is 9.58 Å². The maximum absolute atomic E-state index is 11.7. The van der Waals surface area contributed by atoms with Crippen LogP contribution in [0.5, 0.6) is 0 Å². The van der Waals surface area contributed by atoms with Crippen LogP contribution in [0.1, 0.15) is 26.2 Å². The molecule has 0 radical (unpaired) electrons. The molecule has 0 spiro atoms. The first-order valence-electron chi connectivity index (χ1n) is 6.04. The van der Waals surface area contributed by atoms with Crippen molar-refractivity contribution in [1.82, 2.24) is 0 Å². The maximum Gasteiger partial charge on any atom is 0.334 e. The Morgan fingerprint density at radius 1 is 1.53 bits per heavy atom. The summed E-state index contributed by atoms with van der Waals surface area (Å²) in [5.41, 5.74) is 0.479. The van der Waals surface area contributed by atoms with E-state index >= 15 is 0 Å². The number of carbonyl (C=O) groups excluding carboxylic acids is 1. The van der Waals surface area contributed by atoms with Crippen molar-refractivity contribution in [1.29, 1.82) is 0 Å². The number of esters is 1. The van der Waals surface area contributed by atoms with Crippen molar-refractivity contribution < 1.29 is 14.3 Å². The molecule has 3 nitrogen and oxygen atoms in total. The highest BCUT2D eigenvalue weighted by Crippen LogP contribution is 2.59. The second kappa shape index (κ2) is 4.88. The van der Waals surface area contributed by atoms with E-state index in [4.69, 9.17) is 9.47 Å². The van der Waals surface area contributed by atoms with Gasteiger partial charge in [-0.05, 0) is 54.2 Å². The van der Waals surface area contributed by atoms with E-state index in [9.17, 15) is 4.79 Å². The van der Waals surface area contributed by atoms with Gasteiger partial charge in [0.25, 0.3) is 0 Å². The molecule has 2 bridgehead atoms. The number of hydrogen-bond donors (Lipinski definition) is 0. The monoisotopic (exact) mass is 350 g/mol. The molecule has 2 fully saturated rings. The minimum Gasteiger partial charge on any atom is -0.445 e. The average molecular weight is 350 g/mol. The summed E-state index contributed by atoms with van der Waals surface area (Å²) in [6.45, 7) is 6.12. The van der Waals surface area contributed by atoms with E-state index in [1.54, 1.807) is 14.0 Å². The van der Waals surface area contributed by atoms with Gasteiger partial charge in [-0.1, -0.05) is 6.58 Å². The predicted molar refractivity (Wildman–Crippen MR) is 73.9 cm³/mol. The summed E-state index contributed by atoms with van der Waals surface area (Å²) in [6.07, 6.45) is 3.35. The highest BCUT2D eigenvalue weighted by molar-refractivity contribution is 14.1. The van der Waals surface area contributed by atoms with Crippen molar-refractivity contribution in [3.8, 4) is 0 Å². The van der Waals surface area contributed by atoms with Gasteiger partial charge >= 0.3 is 5.97 Å². The molecule has 0 heterocycles. The number of halogens is 1. The number of fused-ring (bicyclic) bond motifs is 2. The summed E-state index contributed by atoms with van der Waals surface area (Å²) in [5.74, 6) is 1.38. The Balaban J connectivity index is 2.08. The van der Waals surface area contributed by atoms with E-state index < -0.39 is 0 Å². The number of alkyl halides is 1. The van der Waals surface area contributed by atoms with Gasteiger partial charge in [-0.15, -0.1) is 0 Å². The Bertz CT molecular complexity index is 342. The number of ether oxygens (including phenoxy) is 2. The Labute approximate surface area is 116 Å². The number of hydrogen-bond acceptors (Lipinski definition) is 3. The van der Waals surface area contributed by atoms with E-state index in [1.807, 2.05) is 0 Å². The van der Waals surface area contributed by atoms with Gasteiger partial charge in [-0.25, -0.2) is 4.79 Å². The highest BCUT2D eigenvalue weighted by atomic mass is 127.